The highest BCUT2D eigenvalue weighted by molar-refractivity contribution is 5.99. The van der Waals surface area contributed by atoms with E-state index in [2.05, 4.69) is 25.5 Å². The molecule has 0 radical (unpaired) electrons. The van der Waals surface area contributed by atoms with Crippen molar-refractivity contribution in [3.05, 3.63) is 59.9 Å². The number of methoxy groups -OCH3 is 1. The van der Waals surface area contributed by atoms with Crippen molar-refractivity contribution >= 4 is 16.8 Å². The summed E-state index contributed by atoms with van der Waals surface area (Å²) in [5.74, 6) is 2.57. The molecule has 5 rings (SSSR count). The first-order chi connectivity index (χ1) is 16.1. The standard InChI is InChI=1S/C25H27N5O3/c1-15-6-9-18(14-26-15)25-30-29-24(33-25)17-10-7-16(8-11-17)13-27-23(31)21-12-19-20(28-21)4-3-5-22(19)32-2/h3-6,9,12,14,16-17,28H,7-8,10-11,13H2,1-2H3,(H,27,31). The molecule has 0 atom stereocenters. The molecule has 8 heteroatoms. The van der Waals surface area contributed by atoms with Crippen molar-refractivity contribution in [2.24, 2.45) is 5.92 Å². The number of pyridine rings is 1. The van der Waals surface area contributed by atoms with Crippen LogP contribution in [0.2, 0.25) is 0 Å². The smallest absolute Gasteiger partial charge is 0.267 e. The van der Waals surface area contributed by atoms with Gasteiger partial charge in [0.05, 0.1) is 12.7 Å². The van der Waals surface area contributed by atoms with E-state index in [0.717, 1.165) is 53.6 Å². The van der Waals surface area contributed by atoms with E-state index >= 15 is 0 Å². The molecule has 1 aliphatic carbocycles. The molecule has 1 aromatic carbocycles. The molecule has 1 amide bonds. The highest BCUT2D eigenvalue weighted by Crippen LogP contribution is 2.36. The zero-order chi connectivity index (χ0) is 22.8. The van der Waals surface area contributed by atoms with E-state index in [0.29, 0.717) is 29.9 Å². The van der Waals surface area contributed by atoms with Gasteiger partial charge in [-0.15, -0.1) is 10.2 Å². The second-order valence-corrected chi connectivity index (χ2v) is 8.67. The zero-order valence-electron chi connectivity index (χ0n) is 18.8. The molecular weight excluding hydrogens is 418 g/mol. The van der Waals surface area contributed by atoms with Crippen molar-refractivity contribution in [1.82, 2.24) is 25.5 Å². The van der Waals surface area contributed by atoms with Gasteiger partial charge >= 0.3 is 0 Å². The van der Waals surface area contributed by atoms with Crippen molar-refractivity contribution in [2.45, 2.75) is 38.5 Å². The number of amides is 1. The number of carbonyl (C=O) groups excluding carboxylic acids is 1. The number of ether oxygens (including phenoxy) is 1. The average molecular weight is 446 g/mol. The van der Waals surface area contributed by atoms with Crippen molar-refractivity contribution in [3.8, 4) is 17.2 Å². The van der Waals surface area contributed by atoms with E-state index in [1.807, 2.05) is 43.3 Å². The van der Waals surface area contributed by atoms with Crippen LogP contribution in [0, 0.1) is 12.8 Å². The third-order valence-electron chi connectivity index (χ3n) is 6.43. The topological polar surface area (TPSA) is 106 Å². The van der Waals surface area contributed by atoms with Crippen LogP contribution in [0.4, 0.5) is 0 Å². The van der Waals surface area contributed by atoms with Gasteiger partial charge in [0.2, 0.25) is 11.8 Å². The van der Waals surface area contributed by atoms with Crippen LogP contribution in [0.1, 0.15) is 53.7 Å². The Labute approximate surface area is 191 Å². The number of rotatable bonds is 6. The van der Waals surface area contributed by atoms with E-state index in [9.17, 15) is 4.79 Å². The van der Waals surface area contributed by atoms with E-state index in [-0.39, 0.29) is 11.8 Å². The maximum Gasteiger partial charge on any atom is 0.267 e. The van der Waals surface area contributed by atoms with Gasteiger partial charge in [0.15, 0.2) is 0 Å². The maximum atomic E-state index is 12.7. The van der Waals surface area contributed by atoms with Crippen LogP contribution >= 0.6 is 0 Å². The van der Waals surface area contributed by atoms with Gasteiger partial charge in [-0.3, -0.25) is 9.78 Å². The Morgan fingerprint density at radius 1 is 1.18 bits per heavy atom. The number of nitrogens with zero attached hydrogens (tertiary/aromatic N) is 3. The first-order valence-electron chi connectivity index (χ1n) is 11.3. The number of aromatic amines is 1. The lowest BCUT2D eigenvalue weighted by atomic mass is 9.82. The van der Waals surface area contributed by atoms with Crippen LogP contribution in [0.5, 0.6) is 5.75 Å². The van der Waals surface area contributed by atoms with Gasteiger partial charge < -0.3 is 19.5 Å². The third kappa shape index (κ3) is 4.46. The summed E-state index contributed by atoms with van der Waals surface area (Å²) in [5, 5.41) is 12.5. The zero-order valence-corrected chi connectivity index (χ0v) is 18.8. The molecule has 1 aliphatic rings. The molecule has 0 saturated heterocycles. The Morgan fingerprint density at radius 3 is 2.79 bits per heavy atom. The molecule has 3 heterocycles. The van der Waals surface area contributed by atoms with E-state index in [4.69, 9.17) is 9.15 Å². The number of nitrogens with one attached hydrogen (secondary N) is 2. The first-order valence-corrected chi connectivity index (χ1v) is 11.3. The summed E-state index contributed by atoms with van der Waals surface area (Å²) >= 11 is 0. The molecule has 8 nitrogen and oxygen atoms in total. The van der Waals surface area contributed by atoms with Crippen LogP contribution in [0.25, 0.3) is 22.4 Å². The summed E-state index contributed by atoms with van der Waals surface area (Å²) in [4.78, 5) is 20.2. The number of aryl methyl sites for hydroxylation is 1. The minimum Gasteiger partial charge on any atom is -0.496 e. The van der Waals surface area contributed by atoms with Gasteiger partial charge in [0, 0.05) is 35.3 Å². The van der Waals surface area contributed by atoms with Crippen molar-refractivity contribution < 1.29 is 13.9 Å². The second kappa shape index (κ2) is 9.05. The van der Waals surface area contributed by atoms with Crippen LogP contribution in [-0.2, 0) is 0 Å². The molecule has 0 bridgehead atoms. The van der Waals surface area contributed by atoms with E-state index in [1.165, 1.54) is 0 Å². The molecule has 4 aromatic rings. The molecule has 0 spiro atoms. The summed E-state index contributed by atoms with van der Waals surface area (Å²) in [6, 6.07) is 11.5. The Balaban J connectivity index is 1.14. The molecule has 1 fully saturated rings. The summed E-state index contributed by atoms with van der Waals surface area (Å²) in [5.41, 5.74) is 3.23. The fraction of sp³-hybridized carbons (Fsp3) is 0.360. The number of H-pyrrole nitrogens is 1. The molecule has 33 heavy (non-hydrogen) atoms. The molecule has 170 valence electrons. The largest absolute Gasteiger partial charge is 0.496 e. The van der Waals surface area contributed by atoms with Crippen molar-refractivity contribution in [1.29, 1.82) is 0 Å². The first kappa shape index (κ1) is 21.2. The van der Waals surface area contributed by atoms with Crippen LogP contribution < -0.4 is 10.1 Å². The maximum absolute atomic E-state index is 12.7. The van der Waals surface area contributed by atoms with Crippen molar-refractivity contribution in [3.63, 3.8) is 0 Å². The minimum absolute atomic E-state index is 0.0939. The van der Waals surface area contributed by atoms with Gasteiger partial charge in [-0.1, -0.05) is 6.07 Å². The predicted octanol–water partition coefficient (Wildman–Crippen LogP) is 4.63. The lowest BCUT2D eigenvalue weighted by Crippen LogP contribution is -2.31. The molecule has 1 saturated carbocycles. The van der Waals surface area contributed by atoms with Crippen LogP contribution in [0.15, 0.2) is 47.0 Å². The van der Waals surface area contributed by atoms with Gasteiger partial charge in [0.1, 0.15) is 11.4 Å². The van der Waals surface area contributed by atoms with Gasteiger partial charge in [-0.25, -0.2) is 0 Å². The minimum atomic E-state index is -0.0939. The highest BCUT2D eigenvalue weighted by atomic mass is 16.5. The van der Waals surface area contributed by atoms with Gasteiger partial charge in [-0.2, -0.15) is 0 Å². The lowest BCUT2D eigenvalue weighted by molar-refractivity contribution is 0.0938. The summed E-state index contributed by atoms with van der Waals surface area (Å²) in [6.07, 6.45) is 5.72. The molecule has 3 aromatic heterocycles. The van der Waals surface area contributed by atoms with Crippen LogP contribution in [0.3, 0.4) is 0 Å². The molecule has 0 aliphatic heterocycles. The second-order valence-electron chi connectivity index (χ2n) is 8.67. The number of hydrogen-bond donors (Lipinski definition) is 2. The summed E-state index contributed by atoms with van der Waals surface area (Å²) in [6.45, 7) is 2.60. The Kier molecular flexibility index (Phi) is 5.81. The molecule has 0 unspecified atom stereocenters. The van der Waals surface area contributed by atoms with E-state index in [1.54, 1.807) is 13.3 Å². The number of aromatic nitrogens is 4. The number of hydrogen-bond acceptors (Lipinski definition) is 6. The fourth-order valence-electron chi connectivity index (χ4n) is 4.48. The monoisotopic (exact) mass is 445 g/mol. The lowest BCUT2D eigenvalue weighted by Gasteiger charge is -2.26. The number of fused-ring (bicyclic) bond motifs is 1. The molecule has 2 N–H and O–H groups in total. The SMILES string of the molecule is COc1cccc2[nH]c(C(=O)NCC3CCC(c4nnc(-c5ccc(C)nc5)o4)CC3)cc12. The Morgan fingerprint density at radius 2 is 2.03 bits per heavy atom. The quantitative estimate of drug-likeness (QED) is 0.448. The number of benzene rings is 1. The van der Waals surface area contributed by atoms with Crippen LogP contribution in [-0.4, -0.2) is 39.7 Å². The summed E-state index contributed by atoms with van der Waals surface area (Å²) in [7, 11) is 1.63. The van der Waals surface area contributed by atoms with Crippen molar-refractivity contribution in [2.75, 3.05) is 13.7 Å². The van der Waals surface area contributed by atoms with Gasteiger partial charge in [0.25, 0.3) is 5.91 Å². The van der Waals surface area contributed by atoms with Gasteiger partial charge in [-0.05, 0) is 68.9 Å². The highest BCUT2D eigenvalue weighted by Gasteiger charge is 2.27. The molecular formula is C25H27N5O3. The normalized spacial score (nSPS) is 18.4. The average Bonchev–Trinajstić information content (AvgIpc) is 3.51. The predicted molar refractivity (Wildman–Crippen MR) is 124 cm³/mol. The Hall–Kier alpha value is -3.68. The summed E-state index contributed by atoms with van der Waals surface area (Å²) < 4.78 is 11.3. The van der Waals surface area contributed by atoms with E-state index < -0.39 is 0 Å². The number of carbonyl (C=O) groups is 1. The Bertz CT molecular complexity index is 1250. The fourth-order valence-corrected chi connectivity index (χ4v) is 4.48. The third-order valence-corrected chi connectivity index (χ3v) is 6.43.